The summed E-state index contributed by atoms with van der Waals surface area (Å²) in [6.07, 6.45) is 1.75. The van der Waals surface area contributed by atoms with E-state index in [1.165, 1.54) is 27.5 Å². The van der Waals surface area contributed by atoms with Crippen molar-refractivity contribution in [1.29, 1.82) is 0 Å². The summed E-state index contributed by atoms with van der Waals surface area (Å²) in [5, 5.41) is 2.61. The minimum absolute atomic E-state index is 1.21. The summed E-state index contributed by atoms with van der Waals surface area (Å²) in [5.41, 5.74) is 3.73. The van der Waals surface area contributed by atoms with Gasteiger partial charge in [-0.05, 0) is 31.2 Å². The van der Waals surface area contributed by atoms with Crippen molar-refractivity contribution >= 4 is 21.8 Å². The van der Waals surface area contributed by atoms with Gasteiger partial charge in [-0.3, -0.25) is 0 Å². The van der Waals surface area contributed by atoms with Crippen LogP contribution in [0.25, 0.3) is 27.5 Å². The number of benzene rings is 3. The molecule has 22 heavy (non-hydrogen) atoms. The monoisotopic (exact) mass is 285 g/mol. The molecule has 0 aliphatic carbocycles. The minimum Gasteiger partial charge on any atom is -0.309 e. The second-order valence-electron chi connectivity index (χ2n) is 5.11. The van der Waals surface area contributed by atoms with Gasteiger partial charge in [0.15, 0.2) is 0 Å². The molecule has 0 amide bonds. The van der Waals surface area contributed by atoms with Gasteiger partial charge in [0.25, 0.3) is 0 Å². The standard InChI is InChI=1S/C18H13N.C3H6/c1-2-8-14(9-3-1)19-17-12-6-4-10-15(17)16-11-5-7-13-18(16)19;1-3-2/h1-13H;3H,1H2,2H3. The van der Waals surface area contributed by atoms with Crippen LogP contribution in [0.2, 0.25) is 0 Å². The van der Waals surface area contributed by atoms with Crippen molar-refractivity contribution < 1.29 is 0 Å². The van der Waals surface area contributed by atoms with Crippen LogP contribution in [0, 0.1) is 0 Å². The first kappa shape index (κ1) is 14.2. The zero-order chi connectivity index (χ0) is 15.4. The first-order chi connectivity index (χ1) is 10.9. The molecule has 0 N–H and O–H groups in total. The Morgan fingerprint density at radius 3 is 1.59 bits per heavy atom. The Morgan fingerprint density at radius 1 is 0.682 bits per heavy atom. The lowest BCUT2D eigenvalue weighted by Crippen LogP contribution is -1.92. The van der Waals surface area contributed by atoms with Crippen LogP contribution in [-0.4, -0.2) is 4.57 Å². The van der Waals surface area contributed by atoms with E-state index in [0.717, 1.165) is 0 Å². The van der Waals surface area contributed by atoms with Gasteiger partial charge >= 0.3 is 0 Å². The van der Waals surface area contributed by atoms with E-state index in [1.54, 1.807) is 6.08 Å². The smallest absolute Gasteiger partial charge is 0.0541 e. The van der Waals surface area contributed by atoms with Crippen LogP contribution in [0.5, 0.6) is 0 Å². The molecule has 1 nitrogen and oxygen atoms in total. The third-order valence-corrected chi connectivity index (χ3v) is 3.59. The van der Waals surface area contributed by atoms with E-state index in [4.69, 9.17) is 0 Å². The van der Waals surface area contributed by atoms with Crippen LogP contribution < -0.4 is 0 Å². The summed E-state index contributed by atoms with van der Waals surface area (Å²) < 4.78 is 2.32. The number of nitrogens with zero attached hydrogens (tertiary/aromatic N) is 1. The van der Waals surface area contributed by atoms with Crippen molar-refractivity contribution in [3.8, 4) is 5.69 Å². The SMILES string of the molecule is C=CC.c1ccc(-n2c3ccccc3c3ccccc32)cc1. The summed E-state index contributed by atoms with van der Waals surface area (Å²) in [4.78, 5) is 0. The number of rotatable bonds is 1. The van der Waals surface area contributed by atoms with Crippen LogP contribution in [0.15, 0.2) is 91.5 Å². The minimum atomic E-state index is 1.21. The van der Waals surface area contributed by atoms with E-state index in [0.29, 0.717) is 0 Å². The van der Waals surface area contributed by atoms with Crippen molar-refractivity contribution in [2.24, 2.45) is 0 Å². The van der Waals surface area contributed by atoms with E-state index in [1.807, 2.05) is 6.92 Å². The van der Waals surface area contributed by atoms with Gasteiger partial charge in [-0.25, -0.2) is 0 Å². The van der Waals surface area contributed by atoms with Gasteiger partial charge in [0.1, 0.15) is 0 Å². The number of fused-ring (bicyclic) bond motifs is 3. The largest absolute Gasteiger partial charge is 0.309 e. The van der Waals surface area contributed by atoms with Crippen LogP contribution in [-0.2, 0) is 0 Å². The average molecular weight is 285 g/mol. The van der Waals surface area contributed by atoms with Crippen LogP contribution in [0.4, 0.5) is 0 Å². The van der Waals surface area contributed by atoms with Crippen LogP contribution in [0.1, 0.15) is 6.92 Å². The lowest BCUT2D eigenvalue weighted by molar-refractivity contribution is 1.18. The van der Waals surface area contributed by atoms with Crippen LogP contribution in [0.3, 0.4) is 0 Å². The summed E-state index contributed by atoms with van der Waals surface area (Å²) in [6.45, 7) is 5.25. The summed E-state index contributed by atoms with van der Waals surface area (Å²) in [6, 6.07) is 27.7. The number of para-hydroxylation sites is 3. The molecule has 0 atom stereocenters. The van der Waals surface area contributed by atoms with Gasteiger partial charge in [0, 0.05) is 16.5 Å². The predicted molar refractivity (Wildman–Crippen MR) is 96.7 cm³/mol. The molecule has 0 aliphatic heterocycles. The van der Waals surface area contributed by atoms with E-state index < -0.39 is 0 Å². The lowest BCUT2D eigenvalue weighted by atomic mass is 10.2. The molecule has 0 unspecified atom stereocenters. The first-order valence-electron chi connectivity index (χ1n) is 7.47. The van der Waals surface area contributed by atoms with Crippen molar-refractivity contribution in [2.75, 3.05) is 0 Å². The molecule has 1 aromatic heterocycles. The van der Waals surface area contributed by atoms with Gasteiger partial charge < -0.3 is 4.57 Å². The molecular weight excluding hydrogens is 266 g/mol. The molecule has 0 spiro atoms. The van der Waals surface area contributed by atoms with Crippen molar-refractivity contribution in [3.05, 3.63) is 91.5 Å². The Morgan fingerprint density at radius 2 is 1.09 bits per heavy atom. The Bertz CT molecular complexity index is 848. The molecule has 0 saturated heterocycles. The second-order valence-corrected chi connectivity index (χ2v) is 5.11. The zero-order valence-electron chi connectivity index (χ0n) is 12.7. The number of hydrogen-bond acceptors (Lipinski definition) is 0. The fourth-order valence-electron chi connectivity index (χ4n) is 2.78. The highest BCUT2D eigenvalue weighted by molar-refractivity contribution is 6.09. The van der Waals surface area contributed by atoms with Gasteiger partial charge in [0.2, 0.25) is 0 Å². The highest BCUT2D eigenvalue weighted by Crippen LogP contribution is 2.31. The third-order valence-electron chi connectivity index (χ3n) is 3.59. The molecule has 0 aliphatic rings. The number of hydrogen-bond donors (Lipinski definition) is 0. The van der Waals surface area contributed by atoms with E-state index in [-0.39, 0.29) is 0 Å². The number of aromatic nitrogens is 1. The molecule has 0 radical (unpaired) electrons. The molecule has 108 valence electrons. The van der Waals surface area contributed by atoms with Gasteiger partial charge in [-0.15, -0.1) is 6.58 Å². The fourth-order valence-corrected chi connectivity index (χ4v) is 2.78. The average Bonchev–Trinajstić information content (AvgIpc) is 2.91. The normalized spacial score (nSPS) is 10.2. The third kappa shape index (κ3) is 2.42. The van der Waals surface area contributed by atoms with Crippen molar-refractivity contribution in [3.63, 3.8) is 0 Å². The molecule has 0 fully saturated rings. The molecule has 3 aromatic carbocycles. The van der Waals surface area contributed by atoms with Gasteiger partial charge in [0.05, 0.1) is 11.0 Å². The zero-order valence-corrected chi connectivity index (χ0v) is 12.7. The van der Waals surface area contributed by atoms with Crippen molar-refractivity contribution in [1.82, 2.24) is 4.57 Å². The predicted octanol–water partition coefficient (Wildman–Crippen LogP) is 5.98. The highest BCUT2D eigenvalue weighted by Gasteiger charge is 2.10. The summed E-state index contributed by atoms with van der Waals surface area (Å²) in [7, 11) is 0. The highest BCUT2D eigenvalue weighted by atomic mass is 15.0. The Labute approximate surface area is 131 Å². The Balaban J connectivity index is 0.000000446. The van der Waals surface area contributed by atoms with Gasteiger partial charge in [-0.2, -0.15) is 0 Å². The van der Waals surface area contributed by atoms with E-state index in [2.05, 4.69) is 90.0 Å². The maximum Gasteiger partial charge on any atom is 0.0541 e. The van der Waals surface area contributed by atoms with Gasteiger partial charge in [-0.1, -0.05) is 60.7 Å². The summed E-state index contributed by atoms with van der Waals surface area (Å²) >= 11 is 0. The Kier molecular flexibility index (Phi) is 4.06. The topological polar surface area (TPSA) is 4.93 Å². The van der Waals surface area contributed by atoms with Crippen molar-refractivity contribution in [2.45, 2.75) is 6.92 Å². The van der Waals surface area contributed by atoms with E-state index >= 15 is 0 Å². The molecule has 1 heteroatoms. The second kappa shape index (κ2) is 6.31. The maximum absolute atomic E-state index is 3.36. The molecular formula is C21H19N. The van der Waals surface area contributed by atoms with Crippen LogP contribution >= 0.6 is 0 Å². The van der Waals surface area contributed by atoms with E-state index in [9.17, 15) is 0 Å². The Hall–Kier alpha value is -2.80. The maximum atomic E-state index is 3.36. The fraction of sp³-hybridized carbons (Fsp3) is 0.0476. The summed E-state index contributed by atoms with van der Waals surface area (Å²) in [5.74, 6) is 0. The molecule has 1 heterocycles. The molecule has 0 bridgehead atoms. The quantitative estimate of drug-likeness (QED) is 0.379. The molecule has 0 saturated carbocycles. The number of allylic oxidation sites excluding steroid dienone is 1. The lowest BCUT2D eigenvalue weighted by Gasteiger charge is -2.06. The first-order valence-corrected chi connectivity index (χ1v) is 7.47. The molecule has 4 aromatic rings. The molecule has 4 rings (SSSR count).